The van der Waals surface area contributed by atoms with E-state index in [9.17, 15) is 14.4 Å². The molecule has 0 saturated carbocycles. The maximum atomic E-state index is 12.2. The zero-order valence-corrected chi connectivity index (χ0v) is 17.1. The molecule has 0 spiro atoms. The van der Waals surface area contributed by atoms with Gasteiger partial charge in [-0.05, 0) is 48.9 Å². The van der Waals surface area contributed by atoms with Crippen LogP contribution >= 0.6 is 11.3 Å². The van der Waals surface area contributed by atoms with Crippen molar-refractivity contribution >= 4 is 29.1 Å². The molecular formula is C21H27N3O3S. The highest BCUT2D eigenvalue weighted by molar-refractivity contribution is 7.12. The van der Waals surface area contributed by atoms with E-state index in [-0.39, 0.29) is 23.8 Å². The summed E-state index contributed by atoms with van der Waals surface area (Å²) in [7, 11) is 0. The molecule has 1 unspecified atom stereocenters. The maximum absolute atomic E-state index is 12.2. The Balaban J connectivity index is 1.70. The molecule has 7 heteroatoms. The summed E-state index contributed by atoms with van der Waals surface area (Å²) in [5.74, 6) is -0.299. The molecule has 1 aromatic heterocycles. The Morgan fingerprint density at radius 2 is 1.89 bits per heavy atom. The van der Waals surface area contributed by atoms with Gasteiger partial charge in [-0.25, -0.2) is 0 Å². The summed E-state index contributed by atoms with van der Waals surface area (Å²) in [5.41, 5.74) is 1.46. The van der Waals surface area contributed by atoms with E-state index in [4.69, 9.17) is 0 Å². The number of rotatable bonds is 10. The van der Waals surface area contributed by atoms with Gasteiger partial charge < -0.3 is 16.0 Å². The lowest BCUT2D eigenvalue weighted by atomic mass is 10.1. The highest BCUT2D eigenvalue weighted by atomic mass is 32.1. The number of benzene rings is 1. The van der Waals surface area contributed by atoms with Gasteiger partial charge in [-0.3, -0.25) is 14.4 Å². The summed E-state index contributed by atoms with van der Waals surface area (Å²) in [6, 6.07) is 11.0. The molecule has 6 nitrogen and oxygen atoms in total. The fourth-order valence-corrected chi connectivity index (χ4v) is 3.11. The Bertz CT molecular complexity index is 790. The lowest BCUT2D eigenvalue weighted by Crippen LogP contribution is -2.32. The number of amides is 3. The quantitative estimate of drug-likeness (QED) is 0.535. The molecule has 0 fully saturated rings. The van der Waals surface area contributed by atoms with Gasteiger partial charge in [0.2, 0.25) is 5.91 Å². The largest absolute Gasteiger partial charge is 0.352 e. The summed E-state index contributed by atoms with van der Waals surface area (Å²) < 4.78 is 0. The van der Waals surface area contributed by atoms with Crippen LogP contribution in [-0.4, -0.2) is 30.3 Å². The lowest BCUT2D eigenvalue weighted by molar-refractivity contribution is -0.121. The summed E-state index contributed by atoms with van der Waals surface area (Å²) in [5, 5.41) is 10.4. The van der Waals surface area contributed by atoms with Crippen LogP contribution in [0.3, 0.4) is 0 Å². The Labute approximate surface area is 169 Å². The van der Waals surface area contributed by atoms with E-state index in [0.29, 0.717) is 36.4 Å². The van der Waals surface area contributed by atoms with E-state index in [2.05, 4.69) is 16.0 Å². The second-order valence-electron chi connectivity index (χ2n) is 6.60. The van der Waals surface area contributed by atoms with Crippen LogP contribution in [0.1, 0.15) is 58.7 Å². The Morgan fingerprint density at radius 3 is 2.61 bits per heavy atom. The molecule has 0 radical (unpaired) electrons. The van der Waals surface area contributed by atoms with E-state index >= 15 is 0 Å². The summed E-state index contributed by atoms with van der Waals surface area (Å²) in [4.78, 5) is 36.6. The first-order chi connectivity index (χ1) is 13.5. The fourth-order valence-electron chi connectivity index (χ4n) is 2.47. The van der Waals surface area contributed by atoms with Crippen molar-refractivity contribution in [3.63, 3.8) is 0 Å². The van der Waals surface area contributed by atoms with Crippen molar-refractivity contribution in [3.8, 4) is 0 Å². The Kier molecular flexibility index (Phi) is 8.68. The summed E-state index contributed by atoms with van der Waals surface area (Å²) >= 11 is 1.39. The zero-order valence-electron chi connectivity index (χ0n) is 16.3. The molecular weight excluding hydrogens is 374 g/mol. The van der Waals surface area contributed by atoms with Crippen molar-refractivity contribution in [2.45, 2.75) is 45.7 Å². The van der Waals surface area contributed by atoms with Gasteiger partial charge in [0.15, 0.2) is 0 Å². The van der Waals surface area contributed by atoms with Crippen molar-refractivity contribution < 1.29 is 14.4 Å². The van der Waals surface area contributed by atoms with Crippen LogP contribution in [0.2, 0.25) is 0 Å². The van der Waals surface area contributed by atoms with Crippen LogP contribution in [0, 0.1) is 0 Å². The number of hydrogen-bond donors (Lipinski definition) is 3. The lowest BCUT2D eigenvalue weighted by Gasteiger charge is -2.12. The SMILES string of the molecule is CCC(C)NC(=O)c1cccc(CNC(=O)CCCNC(=O)c2cccs2)c1. The van der Waals surface area contributed by atoms with Crippen LogP contribution in [0.4, 0.5) is 0 Å². The average molecular weight is 402 g/mol. The third-order valence-corrected chi connectivity index (χ3v) is 5.15. The normalized spacial score (nSPS) is 11.5. The number of hydrogen-bond acceptors (Lipinski definition) is 4. The van der Waals surface area contributed by atoms with Crippen LogP contribution < -0.4 is 16.0 Å². The highest BCUT2D eigenvalue weighted by Crippen LogP contribution is 2.08. The molecule has 1 atom stereocenters. The minimum absolute atomic E-state index is 0.0835. The fraction of sp³-hybridized carbons (Fsp3) is 0.381. The third kappa shape index (κ3) is 7.15. The van der Waals surface area contributed by atoms with Crippen LogP contribution in [0.5, 0.6) is 0 Å². The van der Waals surface area contributed by atoms with Gasteiger partial charge in [-0.15, -0.1) is 11.3 Å². The number of carbonyl (C=O) groups excluding carboxylic acids is 3. The molecule has 2 rings (SSSR count). The highest BCUT2D eigenvalue weighted by Gasteiger charge is 2.10. The van der Waals surface area contributed by atoms with Crippen molar-refractivity contribution in [1.29, 1.82) is 0 Å². The van der Waals surface area contributed by atoms with Gasteiger partial charge in [0.1, 0.15) is 0 Å². The van der Waals surface area contributed by atoms with Crippen LogP contribution in [0.25, 0.3) is 0 Å². The maximum Gasteiger partial charge on any atom is 0.261 e. The molecule has 150 valence electrons. The molecule has 0 aliphatic heterocycles. The minimum Gasteiger partial charge on any atom is -0.352 e. The first kappa shape index (κ1) is 21.6. The summed E-state index contributed by atoms with van der Waals surface area (Å²) in [6.07, 6.45) is 1.77. The van der Waals surface area contributed by atoms with Gasteiger partial charge in [-0.1, -0.05) is 25.1 Å². The molecule has 0 aliphatic carbocycles. The second-order valence-corrected chi connectivity index (χ2v) is 7.54. The van der Waals surface area contributed by atoms with E-state index in [1.165, 1.54) is 11.3 Å². The molecule has 3 amide bonds. The molecule has 0 aliphatic rings. The van der Waals surface area contributed by atoms with E-state index < -0.39 is 0 Å². The van der Waals surface area contributed by atoms with Gasteiger partial charge in [0.25, 0.3) is 11.8 Å². The van der Waals surface area contributed by atoms with Crippen molar-refractivity contribution in [2.75, 3.05) is 6.54 Å². The molecule has 0 saturated heterocycles. The predicted octanol–water partition coefficient (Wildman–Crippen LogP) is 3.10. The molecule has 1 aromatic carbocycles. The van der Waals surface area contributed by atoms with Crippen LogP contribution in [-0.2, 0) is 11.3 Å². The average Bonchev–Trinajstić information content (AvgIpc) is 3.24. The third-order valence-electron chi connectivity index (χ3n) is 4.28. The molecule has 3 N–H and O–H groups in total. The smallest absolute Gasteiger partial charge is 0.261 e. The van der Waals surface area contributed by atoms with Crippen molar-refractivity contribution in [1.82, 2.24) is 16.0 Å². The van der Waals surface area contributed by atoms with E-state index in [0.717, 1.165) is 12.0 Å². The van der Waals surface area contributed by atoms with Crippen molar-refractivity contribution in [3.05, 3.63) is 57.8 Å². The number of carbonyl (C=O) groups is 3. The molecule has 1 heterocycles. The molecule has 28 heavy (non-hydrogen) atoms. The molecule has 2 aromatic rings. The second kappa shape index (κ2) is 11.2. The van der Waals surface area contributed by atoms with Gasteiger partial charge in [0.05, 0.1) is 4.88 Å². The summed E-state index contributed by atoms with van der Waals surface area (Å²) in [6.45, 7) is 4.80. The number of thiophene rings is 1. The first-order valence-electron chi connectivity index (χ1n) is 9.47. The monoisotopic (exact) mass is 401 g/mol. The van der Waals surface area contributed by atoms with Crippen LogP contribution in [0.15, 0.2) is 41.8 Å². The van der Waals surface area contributed by atoms with Gasteiger partial charge >= 0.3 is 0 Å². The van der Waals surface area contributed by atoms with E-state index in [1.54, 1.807) is 18.2 Å². The molecule has 0 bridgehead atoms. The minimum atomic E-state index is -0.108. The van der Waals surface area contributed by atoms with Gasteiger partial charge in [-0.2, -0.15) is 0 Å². The topological polar surface area (TPSA) is 87.3 Å². The number of nitrogens with one attached hydrogen (secondary N) is 3. The standard InChI is InChI=1S/C21H27N3O3S/c1-3-15(2)24-20(26)17-8-4-7-16(13-17)14-23-19(25)10-5-11-22-21(27)18-9-6-12-28-18/h4,6-9,12-13,15H,3,5,10-11,14H2,1-2H3,(H,22,27)(H,23,25)(H,24,26). The zero-order chi connectivity index (χ0) is 20.4. The Hall–Kier alpha value is -2.67. The first-order valence-corrected chi connectivity index (χ1v) is 10.4. The van der Waals surface area contributed by atoms with Gasteiger partial charge in [0, 0.05) is 31.1 Å². The van der Waals surface area contributed by atoms with Crippen molar-refractivity contribution in [2.24, 2.45) is 0 Å². The predicted molar refractivity (Wildman–Crippen MR) is 111 cm³/mol. The van der Waals surface area contributed by atoms with E-state index in [1.807, 2.05) is 37.4 Å². The Morgan fingerprint density at radius 1 is 1.07 bits per heavy atom.